The van der Waals surface area contributed by atoms with Gasteiger partial charge in [0.05, 0.1) is 4.88 Å². The van der Waals surface area contributed by atoms with Crippen molar-refractivity contribution < 1.29 is 9.59 Å². The smallest absolute Gasteiger partial charge is 0.261 e. The number of fused-ring (bicyclic) bond motifs is 1. The van der Waals surface area contributed by atoms with Crippen molar-refractivity contribution in [1.29, 1.82) is 0 Å². The van der Waals surface area contributed by atoms with Gasteiger partial charge in [0.15, 0.2) is 0 Å². The molecular weight excluding hydrogens is 344 g/mol. The van der Waals surface area contributed by atoms with Crippen LogP contribution in [-0.2, 0) is 13.0 Å². The number of carbonyl (C=O) groups is 2. The number of hydrogen-bond donors (Lipinski definition) is 1. The van der Waals surface area contributed by atoms with Crippen molar-refractivity contribution in [2.24, 2.45) is 0 Å². The highest BCUT2D eigenvalue weighted by molar-refractivity contribution is 7.14. The summed E-state index contributed by atoms with van der Waals surface area (Å²) in [6.45, 7) is 3.32. The number of hydrogen-bond acceptors (Lipinski definition) is 3. The lowest BCUT2D eigenvalue weighted by Crippen LogP contribution is -2.35. The minimum atomic E-state index is 0.0488. The molecule has 0 bridgehead atoms. The zero-order chi connectivity index (χ0) is 18.1. The normalized spacial score (nSPS) is 17.2. The Kier molecular flexibility index (Phi) is 4.81. The van der Waals surface area contributed by atoms with Crippen molar-refractivity contribution in [1.82, 2.24) is 10.2 Å². The Bertz CT molecular complexity index is 819. The fourth-order valence-corrected chi connectivity index (χ4v) is 4.89. The van der Waals surface area contributed by atoms with Gasteiger partial charge in [0.1, 0.15) is 0 Å². The maximum atomic E-state index is 12.7. The fraction of sp³-hybridized carbons (Fsp3) is 0.429. The zero-order valence-electron chi connectivity index (χ0n) is 15.1. The summed E-state index contributed by atoms with van der Waals surface area (Å²) in [5.41, 5.74) is 3.00. The zero-order valence-corrected chi connectivity index (χ0v) is 15.9. The van der Waals surface area contributed by atoms with Gasteiger partial charge in [-0.2, -0.15) is 0 Å². The summed E-state index contributed by atoms with van der Waals surface area (Å²) < 4.78 is 0. The highest BCUT2D eigenvalue weighted by Gasteiger charge is 2.26. The molecule has 1 aliphatic heterocycles. The van der Waals surface area contributed by atoms with Gasteiger partial charge in [-0.3, -0.25) is 9.59 Å². The van der Waals surface area contributed by atoms with Gasteiger partial charge in [0.25, 0.3) is 11.8 Å². The van der Waals surface area contributed by atoms with E-state index in [4.69, 9.17) is 0 Å². The van der Waals surface area contributed by atoms with Crippen molar-refractivity contribution in [2.45, 2.75) is 51.6 Å². The molecule has 1 fully saturated rings. The molecule has 0 radical (unpaired) electrons. The largest absolute Gasteiger partial charge is 0.349 e. The highest BCUT2D eigenvalue weighted by Crippen LogP contribution is 2.29. The first-order chi connectivity index (χ1) is 12.6. The van der Waals surface area contributed by atoms with Gasteiger partial charge in [-0.15, -0.1) is 11.3 Å². The van der Waals surface area contributed by atoms with Crippen LogP contribution < -0.4 is 5.32 Å². The van der Waals surface area contributed by atoms with E-state index >= 15 is 0 Å². The molecule has 1 N–H and O–H groups in total. The van der Waals surface area contributed by atoms with Crippen molar-refractivity contribution >= 4 is 23.2 Å². The van der Waals surface area contributed by atoms with E-state index in [0.717, 1.165) is 40.8 Å². The number of amides is 2. The summed E-state index contributed by atoms with van der Waals surface area (Å²) in [5, 5.41) is 3.16. The Morgan fingerprint density at radius 3 is 2.62 bits per heavy atom. The van der Waals surface area contributed by atoms with Crippen LogP contribution in [0.3, 0.4) is 0 Å². The molecule has 1 aromatic carbocycles. The van der Waals surface area contributed by atoms with Crippen LogP contribution in [0.25, 0.3) is 0 Å². The van der Waals surface area contributed by atoms with Crippen molar-refractivity contribution in [3.05, 3.63) is 56.8 Å². The number of thiophene rings is 1. The van der Waals surface area contributed by atoms with Gasteiger partial charge in [-0.05, 0) is 49.9 Å². The molecule has 4 rings (SSSR count). The lowest BCUT2D eigenvalue weighted by atomic mass is 10.1. The molecular formula is C21H24N2O2S. The first kappa shape index (κ1) is 17.3. The summed E-state index contributed by atoms with van der Waals surface area (Å²) in [4.78, 5) is 29.2. The van der Waals surface area contributed by atoms with Crippen LogP contribution >= 0.6 is 11.3 Å². The standard InChI is InChI=1S/C21H24N2O2S/c1-14-6-8-15(9-7-14)21(25)23-11-10-18-16(13-23)12-19(26-18)20(24)22-17-4-2-3-5-17/h6-9,12,17H,2-5,10-11,13H2,1H3,(H,22,24). The van der Waals surface area contributed by atoms with Gasteiger partial charge in [-0.1, -0.05) is 30.5 Å². The lowest BCUT2D eigenvalue weighted by Gasteiger charge is -2.27. The van der Waals surface area contributed by atoms with E-state index < -0.39 is 0 Å². The number of nitrogens with one attached hydrogen (secondary N) is 1. The maximum Gasteiger partial charge on any atom is 0.261 e. The van der Waals surface area contributed by atoms with Crippen LogP contribution in [0.2, 0.25) is 0 Å². The molecule has 26 heavy (non-hydrogen) atoms. The molecule has 5 heteroatoms. The second-order valence-corrected chi connectivity index (χ2v) is 8.49. The molecule has 2 heterocycles. The van der Waals surface area contributed by atoms with Crippen LogP contribution in [0.4, 0.5) is 0 Å². The molecule has 136 valence electrons. The SMILES string of the molecule is Cc1ccc(C(=O)N2CCc3sc(C(=O)NC4CCCC4)cc3C2)cc1. The third-order valence-corrected chi connectivity index (χ3v) is 6.60. The third kappa shape index (κ3) is 3.54. The van der Waals surface area contributed by atoms with Gasteiger partial charge in [-0.25, -0.2) is 0 Å². The fourth-order valence-electron chi connectivity index (χ4n) is 3.82. The van der Waals surface area contributed by atoms with Crippen molar-refractivity contribution in [3.8, 4) is 0 Å². The van der Waals surface area contributed by atoms with Crippen LogP contribution in [0.15, 0.2) is 30.3 Å². The molecule has 2 aliphatic rings. The topological polar surface area (TPSA) is 49.4 Å². The molecule has 0 saturated heterocycles. The van der Waals surface area contributed by atoms with E-state index in [1.807, 2.05) is 42.2 Å². The number of benzene rings is 1. The van der Waals surface area contributed by atoms with Crippen LogP contribution in [0.5, 0.6) is 0 Å². The Morgan fingerprint density at radius 2 is 1.88 bits per heavy atom. The average molecular weight is 369 g/mol. The van der Waals surface area contributed by atoms with Crippen molar-refractivity contribution in [2.75, 3.05) is 6.54 Å². The maximum absolute atomic E-state index is 12.7. The quantitative estimate of drug-likeness (QED) is 0.892. The summed E-state index contributed by atoms with van der Waals surface area (Å²) in [7, 11) is 0. The molecule has 2 amide bonds. The monoisotopic (exact) mass is 368 g/mol. The summed E-state index contributed by atoms with van der Waals surface area (Å²) in [6.07, 6.45) is 5.43. The molecule has 0 atom stereocenters. The Labute approximate surface area is 158 Å². The Morgan fingerprint density at radius 1 is 1.15 bits per heavy atom. The predicted molar refractivity (Wildman–Crippen MR) is 104 cm³/mol. The van der Waals surface area contributed by atoms with Gasteiger partial charge in [0, 0.05) is 29.6 Å². The third-order valence-electron chi connectivity index (χ3n) is 5.37. The number of carbonyl (C=O) groups excluding carboxylic acids is 2. The van der Waals surface area contributed by atoms with E-state index in [9.17, 15) is 9.59 Å². The lowest BCUT2D eigenvalue weighted by molar-refractivity contribution is 0.0736. The molecule has 0 unspecified atom stereocenters. The number of aryl methyl sites for hydroxylation is 1. The second-order valence-electron chi connectivity index (χ2n) is 7.36. The van der Waals surface area contributed by atoms with Gasteiger partial charge in [0.2, 0.25) is 0 Å². The van der Waals surface area contributed by atoms with E-state index in [1.165, 1.54) is 17.7 Å². The molecule has 1 aliphatic carbocycles. The van der Waals surface area contributed by atoms with Crippen molar-refractivity contribution in [3.63, 3.8) is 0 Å². The van der Waals surface area contributed by atoms with E-state index in [1.54, 1.807) is 11.3 Å². The van der Waals surface area contributed by atoms with E-state index in [-0.39, 0.29) is 11.8 Å². The second kappa shape index (κ2) is 7.23. The summed E-state index contributed by atoms with van der Waals surface area (Å²) in [5.74, 6) is 0.117. The molecule has 2 aromatic rings. The first-order valence-corrected chi connectivity index (χ1v) is 10.2. The van der Waals surface area contributed by atoms with Crippen LogP contribution in [0.1, 0.15) is 61.7 Å². The van der Waals surface area contributed by atoms with Gasteiger partial charge < -0.3 is 10.2 Å². The minimum absolute atomic E-state index is 0.0488. The van der Waals surface area contributed by atoms with Crippen LogP contribution in [-0.4, -0.2) is 29.3 Å². The van der Waals surface area contributed by atoms with Crippen LogP contribution in [0, 0.1) is 6.92 Å². The predicted octanol–water partition coefficient (Wildman–Crippen LogP) is 3.93. The minimum Gasteiger partial charge on any atom is -0.349 e. The molecule has 4 nitrogen and oxygen atoms in total. The molecule has 1 aromatic heterocycles. The average Bonchev–Trinajstić information content (AvgIpc) is 3.30. The number of nitrogens with zero attached hydrogens (tertiary/aromatic N) is 1. The molecule has 0 spiro atoms. The Hall–Kier alpha value is -2.14. The van der Waals surface area contributed by atoms with Gasteiger partial charge >= 0.3 is 0 Å². The summed E-state index contributed by atoms with van der Waals surface area (Å²) >= 11 is 1.59. The summed E-state index contributed by atoms with van der Waals surface area (Å²) in [6, 6.07) is 10.0. The highest BCUT2D eigenvalue weighted by atomic mass is 32.1. The van der Waals surface area contributed by atoms with E-state index in [2.05, 4.69) is 5.32 Å². The number of rotatable bonds is 3. The first-order valence-electron chi connectivity index (χ1n) is 9.38. The Balaban J connectivity index is 1.45. The molecule has 1 saturated carbocycles. The van der Waals surface area contributed by atoms with E-state index in [0.29, 0.717) is 19.1 Å².